The van der Waals surface area contributed by atoms with Crippen LogP contribution in [-0.4, -0.2) is 32.4 Å². The lowest BCUT2D eigenvalue weighted by molar-refractivity contribution is -0.150. The van der Waals surface area contributed by atoms with Crippen LogP contribution in [0, 0.1) is 0 Å². The highest BCUT2D eigenvalue weighted by Gasteiger charge is 2.25. The second kappa shape index (κ2) is 6.58. The van der Waals surface area contributed by atoms with Crippen LogP contribution < -0.4 is 4.74 Å². The predicted octanol–water partition coefficient (Wildman–Crippen LogP) is 1.70. The van der Waals surface area contributed by atoms with Gasteiger partial charge in [0.05, 0.1) is 20.8 Å². The first kappa shape index (κ1) is 14.8. The molecule has 0 saturated heterocycles. The van der Waals surface area contributed by atoms with Crippen LogP contribution in [0.3, 0.4) is 0 Å². The van der Waals surface area contributed by atoms with Gasteiger partial charge in [0.2, 0.25) is 0 Å². The van der Waals surface area contributed by atoms with Crippen molar-refractivity contribution >= 4 is 17.6 Å². The Bertz CT molecular complexity index is 433. The standard InChI is InChI=1S/C12H15ClO5/c1-16-6-7-4-8(13)5-9(17-2)10(7)11(14)12(15)18-3/h4-5,11,14H,6H2,1-3H3. The van der Waals surface area contributed by atoms with E-state index in [-0.39, 0.29) is 6.61 Å². The van der Waals surface area contributed by atoms with Crippen molar-refractivity contribution in [3.05, 3.63) is 28.3 Å². The molecule has 0 heterocycles. The first-order chi connectivity index (χ1) is 8.54. The Balaban J connectivity index is 3.32. The number of ether oxygens (including phenoxy) is 3. The summed E-state index contributed by atoms with van der Waals surface area (Å²) in [5.74, 6) is -0.458. The number of halogens is 1. The van der Waals surface area contributed by atoms with Crippen LogP contribution in [0.5, 0.6) is 5.75 Å². The van der Waals surface area contributed by atoms with Crippen molar-refractivity contribution in [2.75, 3.05) is 21.3 Å². The molecule has 18 heavy (non-hydrogen) atoms. The van der Waals surface area contributed by atoms with Gasteiger partial charge in [0, 0.05) is 17.7 Å². The first-order valence-corrected chi connectivity index (χ1v) is 5.54. The molecular weight excluding hydrogens is 260 g/mol. The molecule has 6 heteroatoms. The number of benzene rings is 1. The number of rotatable bonds is 5. The monoisotopic (exact) mass is 274 g/mol. The van der Waals surface area contributed by atoms with Crippen LogP contribution in [0.1, 0.15) is 17.2 Å². The summed E-state index contributed by atoms with van der Waals surface area (Å²) >= 11 is 5.92. The summed E-state index contributed by atoms with van der Waals surface area (Å²) in [7, 11) is 4.13. The highest BCUT2D eigenvalue weighted by Crippen LogP contribution is 2.33. The van der Waals surface area contributed by atoms with Crippen molar-refractivity contribution in [2.45, 2.75) is 12.7 Å². The Hall–Kier alpha value is -1.30. The van der Waals surface area contributed by atoms with Crippen LogP contribution in [0.25, 0.3) is 0 Å². The minimum Gasteiger partial charge on any atom is -0.496 e. The van der Waals surface area contributed by atoms with Crippen molar-refractivity contribution in [1.82, 2.24) is 0 Å². The zero-order valence-electron chi connectivity index (χ0n) is 10.4. The molecule has 0 aliphatic carbocycles. The van der Waals surface area contributed by atoms with Gasteiger partial charge in [0.25, 0.3) is 0 Å². The SMILES string of the molecule is COCc1cc(Cl)cc(OC)c1C(O)C(=O)OC. The van der Waals surface area contributed by atoms with Crippen molar-refractivity contribution in [1.29, 1.82) is 0 Å². The molecule has 0 aliphatic heterocycles. The molecule has 0 amide bonds. The topological polar surface area (TPSA) is 65.0 Å². The van der Waals surface area contributed by atoms with Gasteiger partial charge in [0.15, 0.2) is 6.10 Å². The molecule has 0 saturated carbocycles. The van der Waals surface area contributed by atoms with Gasteiger partial charge in [-0.05, 0) is 17.7 Å². The fraction of sp³-hybridized carbons (Fsp3) is 0.417. The van der Waals surface area contributed by atoms with E-state index in [9.17, 15) is 9.90 Å². The van der Waals surface area contributed by atoms with E-state index >= 15 is 0 Å². The molecule has 1 aromatic rings. The summed E-state index contributed by atoms with van der Waals surface area (Å²) in [6.45, 7) is 0.195. The number of aliphatic hydroxyl groups excluding tert-OH is 1. The summed E-state index contributed by atoms with van der Waals surface area (Å²) in [4.78, 5) is 11.4. The molecule has 0 aromatic heterocycles. The lowest BCUT2D eigenvalue weighted by atomic mass is 10.0. The lowest BCUT2D eigenvalue weighted by Gasteiger charge is -2.17. The smallest absolute Gasteiger partial charge is 0.339 e. The van der Waals surface area contributed by atoms with Crippen LogP contribution in [0.2, 0.25) is 5.02 Å². The third-order valence-electron chi connectivity index (χ3n) is 2.41. The summed E-state index contributed by atoms with van der Waals surface area (Å²) in [5, 5.41) is 10.4. The van der Waals surface area contributed by atoms with E-state index in [0.29, 0.717) is 21.9 Å². The minimum absolute atomic E-state index is 0.195. The quantitative estimate of drug-likeness (QED) is 0.828. The molecule has 0 fully saturated rings. The molecule has 1 N–H and O–H groups in total. The maximum atomic E-state index is 11.4. The number of hydrogen-bond acceptors (Lipinski definition) is 5. The molecule has 5 nitrogen and oxygen atoms in total. The number of aliphatic hydroxyl groups is 1. The molecule has 0 radical (unpaired) electrons. The molecule has 1 rings (SSSR count). The maximum absolute atomic E-state index is 11.4. The number of hydrogen-bond donors (Lipinski definition) is 1. The van der Waals surface area contributed by atoms with Crippen LogP contribution >= 0.6 is 11.6 Å². The van der Waals surface area contributed by atoms with E-state index in [1.165, 1.54) is 27.4 Å². The van der Waals surface area contributed by atoms with E-state index in [1.54, 1.807) is 6.07 Å². The number of carbonyl (C=O) groups is 1. The molecule has 0 bridgehead atoms. The summed E-state index contributed by atoms with van der Waals surface area (Å²) < 4.78 is 14.6. The minimum atomic E-state index is -1.44. The summed E-state index contributed by atoms with van der Waals surface area (Å²) in [6, 6.07) is 3.12. The van der Waals surface area contributed by atoms with Gasteiger partial charge < -0.3 is 19.3 Å². The highest BCUT2D eigenvalue weighted by atomic mass is 35.5. The van der Waals surface area contributed by atoms with E-state index in [0.717, 1.165) is 0 Å². The number of carbonyl (C=O) groups excluding carboxylic acids is 1. The van der Waals surface area contributed by atoms with Gasteiger partial charge >= 0.3 is 5.97 Å². The molecule has 0 aliphatic rings. The van der Waals surface area contributed by atoms with Crippen LogP contribution in [0.4, 0.5) is 0 Å². The normalized spacial score (nSPS) is 12.1. The Morgan fingerprint density at radius 1 is 1.39 bits per heavy atom. The summed E-state index contributed by atoms with van der Waals surface area (Å²) in [5.41, 5.74) is 0.871. The Kier molecular flexibility index (Phi) is 5.40. The highest BCUT2D eigenvalue weighted by molar-refractivity contribution is 6.30. The largest absolute Gasteiger partial charge is 0.496 e. The van der Waals surface area contributed by atoms with Gasteiger partial charge in [-0.1, -0.05) is 11.6 Å². The molecular formula is C12H15ClO5. The second-order valence-corrected chi connectivity index (χ2v) is 3.98. The molecule has 0 spiro atoms. The first-order valence-electron chi connectivity index (χ1n) is 5.16. The van der Waals surface area contributed by atoms with Gasteiger partial charge in [-0.15, -0.1) is 0 Å². The van der Waals surface area contributed by atoms with Gasteiger partial charge in [-0.25, -0.2) is 4.79 Å². The predicted molar refractivity (Wildman–Crippen MR) is 65.7 cm³/mol. The van der Waals surface area contributed by atoms with Crippen molar-refractivity contribution < 1.29 is 24.1 Å². The molecule has 1 atom stereocenters. The Morgan fingerprint density at radius 2 is 2.06 bits per heavy atom. The summed E-state index contributed by atoms with van der Waals surface area (Å²) in [6.07, 6.45) is -1.44. The number of esters is 1. The molecule has 100 valence electrons. The van der Waals surface area contributed by atoms with Crippen molar-refractivity contribution in [3.63, 3.8) is 0 Å². The fourth-order valence-electron chi connectivity index (χ4n) is 1.63. The van der Waals surface area contributed by atoms with Crippen LogP contribution in [-0.2, 0) is 20.9 Å². The lowest BCUT2D eigenvalue weighted by Crippen LogP contribution is -2.16. The molecule has 1 unspecified atom stereocenters. The Morgan fingerprint density at radius 3 is 2.56 bits per heavy atom. The van der Waals surface area contributed by atoms with E-state index < -0.39 is 12.1 Å². The van der Waals surface area contributed by atoms with E-state index in [1.807, 2.05) is 0 Å². The molecule has 1 aromatic carbocycles. The Labute approximate surface area is 110 Å². The van der Waals surface area contributed by atoms with Crippen molar-refractivity contribution in [3.8, 4) is 5.75 Å². The van der Waals surface area contributed by atoms with Crippen LogP contribution in [0.15, 0.2) is 12.1 Å². The van der Waals surface area contributed by atoms with Gasteiger partial charge in [-0.2, -0.15) is 0 Å². The third-order valence-corrected chi connectivity index (χ3v) is 2.63. The third kappa shape index (κ3) is 3.13. The van der Waals surface area contributed by atoms with E-state index in [2.05, 4.69) is 4.74 Å². The van der Waals surface area contributed by atoms with Gasteiger partial charge in [0.1, 0.15) is 5.75 Å². The average Bonchev–Trinajstić information content (AvgIpc) is 2.36. The number of methoxy groups -OCH3 is 3. The maximum Gasteiger partial charge on any atom is 0.339 e. The van der Waals surface area contributed by atoms with Crippen molar-refractivity contribution in [2.24, 2.45) is 0 Å². The average molecular weight is 275 g/mol. The zero-order chi connectivity index (χ0) is 13.7. The fourth-order valence-corrected chi connectivity index (χ4v) is 1.86. The zero-order valence-corrected chi connectivity index (χ0v) is 11.2. The second-order valence-electron chi connectivity index (χ2n) is 3.54. The van der Waals surface area contributed by atoms with Gasteiger partial charge in [-0.3, -0.25) is 0 Å². The van der Waals surface area contributed by atoms with E-state index in [4.69, 9.17) is 21.1 Å².